The third kappa shape index (κ3) is 2.71. The monoisotopic (exact) mass is 605 g/mol. The van der Waals surface area contributed by atoms with E-state index in [1.54, 1.807) is 6.07 Å². The first kappa shape index (κ1) is 14.6. The number of benzene rings is 2. The number of halogens is 3. The number of aromatic amines is 1. The van der Waals surface area contributed by atoms with E-state index in [1.807, 2.05) is 24.3 Å². The number of para-hydroxylation sites is 2. The molecule has 1 aromatic heterocycles. The van der Waals surface area contributed by atoms with E-state index in [1.165, 1.54) is 0 Å². The molecule has 4 nitrogen and oxygen atoms in total. The molecule has 0 bridgehead atoms. The van der Waals surface area contributed by atoms with Gasteiger partial charge in [-0.3, -0.25) is 4.98 Å². The average molecular weight is 605 g/mol. The fourth-order valence-electron chi connectivity index (χ4n) is 1.74. The zero-order valence-electron chi connectivity index (χ0n) is 9.75. The molecule has 0 radical (unpaired) electrons. The zero-order valence-corrected chi connectivity index (χ0v) is 16.2. The summed E-state index contributed by atoms with van der Waals surface area (Å²) in [4.78, 5) is 14.6. The highest BCUT2D eigenvalue weighted by Gasteiger charge is 2.11. The van der Waals surface area contributed by atoms with Crippen LogP contribution in [-0.2, 0) is 0 Å². The van der Waals surface area contributed by atoms with Gasteiger partial charge in [0.15, 0.2) is 16.7 Å². The van der Waals surface area contributed by atoms with Crippen LogP contribution in [0.4, 0.5) is 0 Å². The van der Waals surface area contributed by atoms with Crippen molar-refractivity contribution in [2.45, 2.75) is 0 Å². The molecule has 0 aliphatic carbocycles. The largest absolute Gasteiger partial charge is 0.450 e. The molecular formula is C13H6I3NO3. The van der Waals surface area contributed by atoms with Gasteiger partial charge in [-0.05, 0) is 86.0 Å². The lowest BCUT2D eigenvalue weighted by Crippen LogP contribution is -2.02. The lowest BCUT2D eigenvalue weighted by atomic mass is 10.3. The molecule has 0 saturated heterocycles. The number of hydrogen-bond donors (Lipinski definition) is 1. The van der Waals surface area contributed by atoms with Gasteiger partial charge in [0, 0.05) is 3.57 Å². The van der Waals surface area contributed by atoms with E-state index >= 15 is 0 Å². The average Bonchev–Trinajstić information content (AvgIpc) is 2.39. The van der Waals surface area contributed by atoms with Gasteiger partial charge in [-0.2, -0.15) is 0 Å². The lowest BCUT2D eigenvalue weighted by molar-refractivity contribution is 0.522. The number of nitrogens with one attached hydrogen (secondary N) is 1. The van der Waals surface area contributed by atoms with Gasteiger partial charge in [-0.1, -0.05) is 12.1 Å². The Balaban J connectivity index is 2.66. The Hall–Kier alpha value is -0.300. The maximum absolute atomic E-state index is 11.9. The Labute approximate surface area is 154 Å². The van der Waals surface area contributed by atoms with Crippen LogP contribution in [0, 0.1) is 10.7 Å². The minimum atomic E-state index is -0.517. The Morgan fingerprint density at radius 3 is 2.50 bits per heavy atom. The molecular weight excluding hydrogens is 599 g/mol. The Morgan fingerprint density at radius 2 is 1.70 bits per heavy atom. The molecule has 0 fully saturated rings. The van der Waals surface area contributed by atoms with Crippen molar-refractivity contribution in [3.05, 3.63) is 51.6 Å². The molecule has 0 aliphatic rings. The van der Waals surface area contributed by atoms with Crippen LogP contribution in [-0.4, -0.2) is 4.98 Å². The maximum Gasteiger partial charge on any atom is 0.417 e. The summed E-state index contributed by atoms with van der Waals surface area (Å²) in [7, 11) is 0. The minimum Gasteiger partial charge on any atom is -0.450 e. The van der Waals surface area contributed by atoms with Gasteiger partial charge in [-0.25, -0.2) is 4.79 Å². The van der Waals surface area contributed by atoms with Crippen LogP contribution >= 0.6 is 67.8 Å². The topological polar surface area (TPSA) is 59.1 Å². The van der Waals surface area contributed by atoms with Crippen LogP contribution in [0.1, 0.15) is 0 Å². The van der Waals surface area contributed by atoms with Crippen LogP contribution in [0.3, 0.4) is 0 Å². The predicted molar refractivity (Wildman–Crippen MR) is 102 cm³/mol. The molecule has 2 aromatic carbocycles. The number of aromatic nitrogens is 1. The highest BCUT2D eigenvalue weighted by Crippen LogP contribution is 2.29. The third-order valence-electron chi connectivity index (χ3n) is 2.62. The van der Waals surface area contributed by atoms with Crippen molar-refractivity contribution in [3.63, 3.8) is 0 Å². The summed E-state index contributed by atoms with van der Waals surface area (Å²) in [5.74, 6) is -0.517. The molecule has 1 N–H and O–H groups in total. The quantitative estimate of drug-likeness (QED) is 0.296. The molecule has 3 rings (SSSR count). The van der Waals surface area contributed by atoms with Crippen LogP contribution in [0.5, 0.6) is 0 Å². The summed E-state index contributed by atoms with van der Waals surface area (Å²) in [6.07, 6.45) is 0. The Morgan fingerprint density at radius 1 is 0.950 bits per heavy atom. The highest BCUT2D eigenvalue weighted by atomic mass is 127. The van der Waals surface area contributed by atoms with E-state index < -0.39 is 5.76 Å². The van der Waals surface area contributed by atoms with Crippen molar-refractivity contribution in [2.24, 2.45) is 0 Å². The van der Waals surface area contributed by atoms with Crippen LogP contribution in [0.15, 0.2) is 44.0 Å². The Bertz CT molecular complexity index is 922. The summed E-state index contributed by atoms with van der Waals surface area (Å²) in [6, 6.07) is 9.22. The smallest absolute Gasteiger partial charge is 0.417 e. The molecule has 0 amide bonds. The normalized spacial score (nSPS) is 10.9. The molecule has 7 heteroatoms. The van der Waals surface area contributed by atoms with Crippen molar-refractivity contribution in [1.82, 2.24) is 4.98 Å². The highest BCUT2D eigenvalue weighted by molar-refractivity contribution is 14.1. The van der Waals surface area contributed by atoms with Crippen molar-refractivity contribution >= 4 is 90.0 Å². The van der Waals surface area contributed by atoms with Gasteiger partial charge >= 0.3 is 5.76 Å². The summed E-state index contributed by atoms with van der Waals surface area (Å²) in [5, 5.41) is 0. The zero-order chi connectivity index (χ0) is 14.3. The van der Waals surface area contributed by atoms with Gasteiger partial charge in [0.05, 0.1) is 12.7 Å². The number of hydrogen-bond acceptors (Lipinski definition) is 3. The fourth-order valence-corrected chi connectivity index (χ4v) is 4.07. The molecule has 0 spiro atoms. The van der Waals surface area contributed by atoms with E-state index in [-0.39, 0.29) is 0 Å². The van der Waals surface area contributed by atoms with Gasteiger partial charge < -0.3 is 8.83 Å². The van der Waals surface area contributed by atoms with E-state index in [9.17, 15) is 4.79 Å². The molecule has 20 heavy (non-hydrogen) atoms. The number of fused-ring (bicyclic) bond motifs is 2. The molecule has 0 saturated carbocycles. The second-order valence-corrected chi connectivity index (χ2v) is 7.33. The van der Waals surface area contributed by atoms with Gasteiger partial charge in [0.25, 0.3) is 0 Å². The van der Waals surface area contributed by atoms with Crippen LogP contribution in [0.2, 0.25) is 0 Å². The molecule has 0 unspecified atom stereocenters. The van der Waals surface area contributed by atoms with Gasteiger partial charge in [0.1, 0.15) is 0 Å². The summed E-state index contributed by atoms with van der Waals surface area (Å²) in [6.45, 7) is 0. The third-order valence-corrected chi connectivity index (χ3v) is 6.37. The lowest BCUT2D eigenvalue weighted by Gasteiger charge is -2.03. The van der Waals surface area contributed by atoms with Crippen molar-refractivity contribution in [2.75, 3.05) is 0 Å². The van der Waals surface area contributed by atoms with Gasteiger partial charge in [0.2, 0.25) is 0 Å². The standard InChI is InChI=1S/C13H6I3NO3/c14-6-5-7(15)11-12(10(6)16)19-9-4-2-1-3-8(9)17-13(18)20-11/h1-5H,(H,17,18). The first-order valence-corrected chi connectivity index (χ1v) is 8.73. The predicted octanol–water partition coefficient (Wildman–Crippen LogP) is 4.81. The van der Waals surface area contributed by atoms with Crippen LogP contribution in [0.25, 0.3) is 22.3 Å². The van der Waals surface area contributed by atoms with Crippen molar-refractivity contribution in [1.29, 1.82) is 0 Å². The summed E-state index contributed by atoms with van der Waals surface area (Å²) in [5.41, 5.74) is 2.21. The van der Waals surface area contributed by atoms with Gasteiger partial charge in [-0.15, -0.1) is 0 Å². The summed E-state index contributed by atoms with van der Waals surface area (Å²) < 4.78 is 14.1. The van der Waals surface area contributed by atoms with Crippen LogP contribution < -0.4 is 5.76 Å². The molecule has 1 heterocycles. The molecule has 0 aliphatic heterocycles. The maximum atomic E-state index is 11.9. The minimum absolute atomic E-state index is 0.447. The number of H-pyrrole nitrogens is 1. The van der Waals surface area contributed by atoms with Crippen molar-refractivity contribution < 1.29 is 8.83 Å². The number of rotatable bonds is 0. The molecule has 0 atom stereocenters. The van der Waals surface area contributed by atoms with E-state index in [0.29, 0.717) is 22.3 Å². The fraction of sp³-hybridized carbons (Fsp3) is 0. The first-order valence-electron chi connectivity index (χ1n) is 5.49. The second kappa shape index (κ2) is 5.83. The van der Waals surface area contributed by atoms with E-state index in [2.05, 4.69) is 72.8 Å². The second-order valence-electron chi connectivity index (χ2n) is 3.93. The summed E-state index contributed by atoms with van der Waals surface area (Å²) >= 11 is 6.56. The molecule has 3 aromatic rings. The molecule has 102 valence electrons. The van der Waals surface area contributed by atoms with Crippen molar-refractivity contribution in [3.8, 4) is 0 Å². The van der Waals surface area contributed by atoms with E-state index in [0.717, 1.165) is 10.7 Å². The van der Waals surface area contributed by atoms with E-state index in [4.69, 9.17) is 8.83 Å². The SMILES string of the molecule is O=c1[nH]c2ccccc2oc2c(I)c(I)cc(I)c2o1. The Kier molecular flexibility index (Phi) is 4.26. The first-order chi connectivity index (χ1) is 9.56.